The zero-order valence-corrected chi connectivity index (χ0v) is 11.7. The summed E-state index contributed by atoms with van der Waals surface area (Å²) in [4.78, 5) is 2.22. The van der Waals surface area contributed by atoms with Crippen LogP contribution in [0.2, 0.25) is 0 Å². The van der Waals surface area contributed by atoms with Gasteiger partial charge in [0.05, 0.1) is 24.5 Å². The van der Waals surface area contributed by atoms with Crippen molar-refractivity contribution in [2.45, 2.75) is 19.4 Å². The van der Waals surface area contributed by atoms with Gasteiger partial charge in [-0.1, -0.05) is 6.92 Å². The highest BCUT2D eigenvalue weighted by Gasteiger charge is 2.27. The number of ether oxygens (including phenoxy) is 2. The van der Waals surface area contributed by atoms with E-state index in [0.29, 0.717) is 11.5 Å². The number of hydrogen-bond donors (Lipinski definition) is 0. The van der Waals surface area contributed by atoms with E-state index in [0.717, 1.165) is 30.9 Å². The molecule has 0 radical (unpaired) electrons. The summed E-state index contributed by atoms with van der Waals surface area (Å²) in [6, 6.07) is 7.82. The van der Waals surface area contributed by atoms with Gasteiger partial charge in [-0.05, 0) is 24.5 Å². The Kier molecular flexibility index (Phi) is 4.28. The first kappa shape index (κ1) is 13.7. The fourth-order valence-electron chi connectivity index (χ4n) is 2.55. The first-order valence-corrected chi connectivity index (χ1v) is 6.55. The Morgan fingerprint density at radius 3 is 2.79 bits per heavy atom. The first-order chi connectivity index (χ1) is 9.19. The van der Waals surface area contributed by atoms with Crippen LogP contribution >= 0.6 is 0 Å². The third-order valence-electron chi connectivity index (χ3n) is 3.86. The van der Waals surface area contributed by atoms with Crippen molar-refractivity contribution in [1.82, 2.24) is 0 Å². The van der Waals surface area contributed by atoms with E-state index in [1.165, 1.54) is 0 Å². The normalized spacial score (nSPS) is 22.9. The summed E-state index contributed by atoms with van der Waals surface area (Å²) >= 11 is 0. The Morgan fingerprint density at radius 2 is 2.16 bits per heavy atom. The Balaban J connectivity index is 2.28. The summed E-state index contributed by atoms with van der Waals surface area (Å²) in [5, 5.41) is 9.24. The van der Waals surface area contributed by atoms with Crippen LogP contribution in [0.5, 0.6) is 5.75 Å². The summed E-state index contributed by atoms with van der Waals surface area (Å²) < 4.78 is 10.8. The molecule has 0 bridgehead atoms. The van der Waals surface area contributed by atoms with Gasteiger partial charge in [-0.25, -0.2) is 0 Å². The van der Waals surface area contributed by atoms with Crippen molar-refractivity contribution in [2.24, 2.45) is 5.92 Å². The van der Waals surface area contributed by atoms with Gasteiger partial charge in [0.15, 0.2) is 0 Å². The summed E-state index contributed by atoms with van der Waals surface area (Å²) in [6.07, 6.45) is 1.28. The van der Waals surface area contributed by atoms with Crippen LogP contribution in [0.25, 0.3) is 0 Å². The van der Waals surface area contributed by atoms with Crippen molar-refractivity contribution in [3.05, 3.63) is 23.8 Å². The highest BCUT2D eigenvalue weighted by atomic mass is 16.5. The lowest BCUT2D eigenvalue weighted by Gasteiger charge is -2.38. The minimum absolute atomic E-state index is 0.214. The molecule has 0 spiro atoms. The van der Waals surface area contributed by atoms with Crippen molar-refractivity contribution in [1.29, 1.82) is 5.26 Å². The molecule has 1 aromatic rings. The fourth-order valence-corrected chi connectivity index (χ4v) is 2.55. The lowest BCUT2D eigenvalue weighted by atomic mass is 9.95. The molecule has 0 N–H and O–H groups in total. The minimum Gasteiger partial charge on any atom is -0.497 e. The van der Waals surface area contributed by atoms with Crippen LogP contribution in [-0.4, -0.2) is 33.4 Å². The van der Waals surface area contributed by atoms with Gasteiger partial charge in [0.1, 0.15) is 11.8 Å². The molecule has 2 atom stereocenters. The zero-order chi connectivity index (χ0) is 13.8. The van der Waals surface area contributed by atoms with E-state index in [1.54, 1.807) is 14.2 Å². The van der Waals surface area contributed by atoms with Crippen LogP contribution in [0.4, 0.5) is 5.69 Å². The van der Waals surface area contributed by atoms with Crippen LogP contribution in [-0.2, 0) is 4.74 Å². The van der Waals surface area contributed by atoms with Crippen LogP contribution in [0.3, 0.4) is 0 Å². The molecule has 102 valence electrons. The largest absolute Gasteiger partial charge is 0.497 e. The van der Waals surface area contributed by atoms with Crippen molar-refractivity contribution in [3.63, 3.8) is 0 Å². The average molecular weight is 260 g/mol. The Morgan fingerprint density at radius 1 is 1.37 bits per heavy atom. The molecule has 0 amide bonds. The number of anilines is 1. The molecular weight excluding hydrogens is 240 g/mol. The molecule has 0 saturated carbocycles. The predicted molar refractivity (Wildman–Crippen MR) is 74.5 cm³/mol. The molecule has 1 heterocycles. The van der Waals surface area contributed by atoms with Crippen LogP contribution < -0.4 is 9.64 Å². The van der Waals surface area contributed by atoms with Crippen molar-refractivity contribution < 1.29 is 9.47 Å². The van der Waals surface area contributed by atoms with Gasteiger partial charge in [0, 0.05) is 26.3 Å². The first-order valence-electron chi connectivity index (χ1n) is 6.55. The molecule has 2 unspecified atom stereocenters. The monoisotopic (exact) mass is 260 g/mol. The number of nitriles is 1. The predicted octanol–water partition coefficient (Wildman–Crippen LogP) is 2.43. The molecule has 1 aliphatic heterocycles. The Labute approximate surface area is 114 Å². The van der Waals surface area contributed by atoms with Gasteiger partial charge in [-0.3, -0.25) is 0 Å². The highest BCUT2D eigenvalue weighted by molar-refractivity contribution is 5.62. The number of nitrogens with zero attached hydrogens (tertiary/aromatic N) is 2. The number of rotatable bonds is 3. The number of hydrogen-bond acceptors (Lipinski definition) is 4. The number of benzene rings is 1. The average Bonchev–Trinajstić information content (AvgIpc) is 2.47. The fraction of sp³-hybridized carbons (Fsp3) is 0.533. The van der Waals surface area contributed by atoms with E-state index in [-0.39, 0.29) is 6.10 Å². The van der Waals surface area contributed by atoms with Gasteiger partial charge in [0.2, 0.25) is 0 Å². The molecule has 4 heteroatoms. The molecule has 19 heavy (non-hydrogen) atoms. The molecule has 2 rings (SSSR count). The molecule has 4 nitrogen and oxygen atoms in total. The van der Waals surface area contributed by atoms with E-state index in [1.807, 2.05) is 18.2 Å². The quantitative estimate of drug-likeness (QED) is 0.837. The summed E-state index contributed by atoms with van der Waals surface area (Å²) in [5.41, 5.74) is 1.63. The second kappa shape index (κ2) is 5.94. The number of methoxy groups -OCH3 is 2. The molecule has 1 saturated heterocycles. The van der Waals surface area contributed by atoms with Gasteiger partial charge in [-0.2, -0.15) is 5.26 Å². The maximum atomic E-state index is 9.24. The van der Waals surface area contributed by atoms with E-state index >= 15 is 0 Å². The zero-order valence-electron chi connectivity index (χ0n) is 11.7. The molecule has 1 fully saturated rings. The molecule has 1 aromatic carbocycles. The van der Waals surface area contributed by atoms with Gasteiger partial charge in [-0.15, -0.1) is 0 Å². The van der Waals surface area contributed by atoms with Crippen LogP contribution in [0.15, 0.2) is 18.2 Å². The Hall–Kier alpha value is -1.73. The van der Waals surface area contributed by atoms with Crippen LogP contribution in [0, 0.1) is 17.2 Å². The maximum Gasteiger partial charge on any atom is 0.121 e. The SMILES string of the molecule is COc1ccc(C#N)c(N2CCC(C)C(OC)C2)c1. The van der Waals surface area contributed by atoms with E-state index in [2.05, 4.69) is 17.9 Å². The van der Waals surface area contributed by atoms with Crippen molar-refractivity contribution in [3.8, 4) is 11.8 Å². The van der Waals surface area contributed by atoms with Gasteiger partial charge < -0.3 is 14.4 Å². The minimum atomic E-state index is 0.214. The van der Waals surface area contributed by atoms with E-state index < -0.39 is 0 Å². The van der Waals surface area contributed by atoms with Crippen LogP contribution in [0.1, 0.15) is 18.9 Å². The summed E-state index contributed by atoms with van der Waals surface area (Å²) in [6.45, 7) is 3.98. The summed E-state index contributed by atoms with van der Waals surface area (Å²) in [5.74, 6) is 1.33. The Bertz CT molecular complexity index is 482. The van der Waals surface area contributed by atoms with Gasteiger partial charge in [0.25, 0.3) is 0 Å². The topological polar surface area (TPSA) is 45.5 Å². The van der Waals surface area contributed by atoms with Crippen molar-refractivity contribution >= 4 is 5.69 Å². The molecular formula is C15H20N2O2. The standard InChI is InChI=1S/C15H20N2O2/c1-11-6-7-17(10-15(11)19-3)14-8-13(18-2)5-4-12(14)9-16/h4-5,8,11,15H,6-7,10H2,1-3H3. The van der Waals surface area contributed by atoms with Crippen molar-refractivity contribution in [2.75, 3.05) is 32.2 Å². The second-order valence-corrected chi connectivity index (χ2v) is 4.98. The second-order valence-electron chi connectivity index (χ2n) is 4.98. The lowest BCUT2D eigenvalue weighted by molar-refractivity contribution is 0.0498. The maximum absolute atomic E-state index is 9.24. The van der Waals surface area contributed by atoms with E-state index in [9.17, 15) is 5.26 Å². The molecule has 0 aromatic heterocycles. The molecule has 1 aliphatic rings. The lowest BCUT2D eigenvalue weighted by Crippen LogP contribution is -2.44. The molecule has 0 aliphatic carbocycles. The highest BCUT2D eigenvalue weighted by Crippen LogP contribution is 2.30. The smallest absolute Gasteiger partial charge is 0.121 e. The summed E-state index contributed by atoms with van der Waals surface area (Å²) in [7, 11) is 3.39. The van der Waals surface area contributed by atoms with E-state index in [4.69, 9.17) is 9.47 Å². The van der Waals surface area contributed by atoms with Gasteiger partial charge >= 0.3 is 0 Å². The number of piperidine rings is 1. The third kappa shape index (κ3) is 2.82. The third-order valence-corrected chi connectivity index (χ3v) is 3.86.